The molecule has 1 spiro atoms. The lowest BCUT2D eigenvalue weighted by Crippen LogP contribution is -2.47. The van der Waals surface area contributed by atoms with Gasteiger partial charge in [0, 0.05) is 32.3 Å². The predicted octanol–water partition coefficient (Wildman–Crippen LogP) is 4.20. The van der Waals surface area contributed by atoms with E-state index in [0.29, 0.717) is 25.7 Å². The van der Waals surface area contributed by atoms with E-state index in [1.165, 1.54) is 19.1 Å². The molecule has 9 heteroatoms. The Kier molecular flexibility index (Phi) is 9.68. The second-order valence-corrected chi connectivity index (χ2v) is 10.8. The fourth-order valence-corrected chi connectivity index (χ4v) is 5.81. The van der Waals surface area contributed by atoms with Gasteiger partial charge in [-0.3, -0.25) is 4.79 Å². The molecule has 1 aromatic rings. The van der Waals surface area contributed by atoms with Gasteiger partial charge in [-0.05, 0) is 55.9 Å². The molecule has 3 heterocycles. The maximum Gasteiger partial charge on any atom is 0.330 e. The standard InChI is InChI=1S/C29H40O9/c1-19(30)35-22(9-7-5-3-2-4-6-8-20-10-11-24(32)25(33)14-20)16-23-15-21(31)17-29(37-23)18-27-26(38-29)12-13-28(34)36-27/h10-14,21-23,26-27,31-33H,2-9,15-18H2,1H3. The van der Waals surface area contributed by atoms with E-state index in [-0.39, 0.29) is 35.8 Å². The molecule has 3 aliphatic rings. The molecule has 210 valence electrons. The third kappa shape index (κ3) is 7.94. The van der Waals surface area contributed by atoms with Gasteiger partial charge in [0.2, 0.25) is 0 Å². The number of phenols is 2. The van der Waals surface area contributed by atoms with Crippen molar-refractivity contribution in [3.63, 3.8) is 0 Å². The van der Waals surface area contributed by atoms with Crippen molar-refractivity contribution in [2.45, 2.75) is 120 Å². The zero-order chi connectivity index (χ0) is 27.1. The van der Waals surface area contributed by atoms with Gasteiger partial charge in [-0.1, -0.05) is 31.7 Å². The highest BCUT2D eigenvalue weighted by Crippen LogP contribution is 2.44. The molecule has 0 radical (unpaired) electrons. The van der Waals surface area contributed by atoms with Gasteiger partial charge in [0.25, 0.3) is 0 Å². The predicted molar refractivity (Wildman–Crippen MR) is 137 cm³/mol. The smallest absolute Gasteiger partial charge is 0.330 e. The summed E-state index contributed by atoms with van der Waals surface area (Å²) in [6, 6.07) is 4.96. The molecule has 0 amide bonds. The van der Waals surface area contributed by atoms with Crippen LogP contribution in [-0.2, 0) is 35.0 Å². The molecule has 0 bridgehead atoms. The van der Waals surface area contributed by atoms with Crippen molar-refractivity contribution in [1.82, 2.24) is 0 Å². The van der Waals surface area contributed by atoms with E-state index in [2.05, 4.69) is 0 Å². The van der Waals surface area contributed by atoms with Crippen LogP contribution in [-0.4, -0.2) is 63.6 Å². The largest absolute Gasteiger partial charge is 0.504 e. The number of fused-ring (bicyclic) bond motifs is 1. The normalized spacial score (nSPS) is 29.2. The van der Waals surface area contributed by atoms with Crippen LogP contribution in [0.5, 0.6) is 11.5 Å². The number of carbonyl (C=O) groups is 2. The first-order chi connectivity index (χ1) is 18.2. The molecular formula is C29H40O9. The fourth-order valence-electron chi connectivity index (χ4n) is 5.81. The maximum atomic E-state index is 11.8. The Morgan fingerprint density at radius 3 is 2.61 bits per heavy atom. The zero-order valence-electron chi connectivity index (χ0n) is 22.0. The van der Waals surface area contributed by atoms with Gasteiger partial charge in [0.1, 0.15) is 18.3 Å². The van der Waals surface area contributed by atoms with Crippen molar-refractivity contribution in [2.75, 3.05) is 0 Å². The van der Waals surface area contributed by atoms with Gasteiger partial charge >= 0.3 is 11.9 Å². The second kappa shape index (κ2) is 13.0. The molecule has 2 fully saturated rings. The summed E-state index contributed by atoms with van der Waals surface area (Å²) < 4.78 is 23.4. The summed E-state index contributed by atoms with van der Waals surface area (Å²) >= 11 is 0. The molecule has 0 aliphatic carbocycles. The number of esters is 2. The SMILES string of the molecule is CC(=O)OC(CCCCCCCCc1ccc(O)c(O)c1)CC1CC(O)CC2(CC3OC(=O)C=CC3O2)O1. The minimum absolute atomic E-state index is 0.0791. The van der Waals surface area contributed by atoms with Crippen LogP contribution in [0.4, 0.5) is 0 Å². The Morgan fingerprint density at radius 2 is 1.84 bits per heavy atom. The molecule has 4 rings (SSSR count). The number of unbranched alkanes of at least 4 members (excludes halogenated alkanes) is 5. The topological polar surface area (TPSA) is 132 Å². The van der Waals surface area contributed by atoms with E-state index < -0.39 is 24.0 Å². The summed E-state index contributed by atoms with van der Waals surface area (Å²) in [6.07, 6.45) is 10.4. The van der Waals surface area contributed by atoms with Gasteiger partial charge in [-0.25, -0.2) is 4.79 Å². The lowest BCUT2D eigenvalue weighted by Gasteiger charge is -2.41. The van der Waals surface area contributed by atoms with Crippen molar-refractivity contribution in [3.8, 4) is 11.5 Å². The highest BCUT2D eigenvalue weighted by molar-refractivity contribution is 5.83. The minimum atomic E-state index is -1.01. The quantitative estimate of drug-likeness (QED) is 0.206. The number of carbonyl (C=O) groups excluding carboxylic acids is 2. The first kappa shape index (κ1) is 28.4. The molecule has 38 heavy (non-hydrogen) atoms. The van der Waals surface area contributed by atoms with Crippen molar-refractivity contribution >= 4 is 11.9 Å². The Balaban J connectivity index is 1.17. The molecule has 9 nitrogen and oxygen atoms in total. The van der Waals surface area contributed by atoms with Crippen LogP contribution >= 0.6 is 0 Å². The zero-order valence-corrected chi connectivity index (χ0v) is 22.0. The van der Waals surface area contributed by atoms with Crippen LogP contribution in [0.15, 0.2) is 30.4 Å². The Bertz CT molecular complexity index is 992. The first-order valence-electron chi connectivity index (χ1n) is 13.8. The highest BCUT2D eigenvalue weighted by atomic mass is 16.7. The molecule has 3 N–H and O–H groups in total. The summed E-state index contributed by atoms with van der Waals surface area (Å²) in [5.74, 6) is -1.91. The molecule has 0 aromatic heterocycles. The number of ether oxygens (including phenoxy) is 4. The molecule has 1 aromatic carbocycles. The van der Waals surface area contributed by atoms with E-state index in [4.69, 9.17) is 18.9 Å². The molecular weight excluding hydrogens is 492 g/mol. The van der Waals surface area contributed by atoms with Crippen LogP contribution in [0.1, 0.15) is 83.1 Å². The lowest BCUT2D eigenvalue weighted by molar-refractivity contribution is -0.285. The maximum absolute atomic E-state index is 11.8. The summed E-state index contributed by atoms with van der Waals surface area (Å²) in [4.78, 5) is 23.4. The molecule has 0 saturated carbocycles. The van der Waals surface area contributed by atoms with Crippen LogP contribution in [0.3, 0.4) is 0 Å². The van der Waals surface area contributed by atoms with Crippen LogP contribution in [0, 0.1) is 0 Å². The third-order valence-corrected chi connectivity index (χ3v) is 7.52. The molecule has 3 aliphatic heterocycles. The number of aromatic hydroxyl groups is 2. The summed E-state index contributed by atoms with van der Waals surface area (Å²) in [7, 11) is 0. The monoisotopic (exact) mass is 532 g/mol. The third-order valence-electron chi connectivity index (χ3n) is 7.52. The number of benzene rings is 1. The van der Waals surface area contributed by atoms with Crippen molar-refractivity contribution in [2.24, 2.45) is 0 Å². The van der Waals surface area contributed by atoms with E-state index in [1.54, 1.807) is 12.1 Å². The molecule has 2 saturated heterocycles. The summed E-state index contributed by atoms with van der Waals surface area (Å²) in [5.41, 5.74) is 1.01. The van der Waals surface area contributed by atoms with Crippen molar-refractivity contribution in [1.29, 1.82) is 0 Å². The number of aryl methyl sites for hydroxylation is 1. The first-order valence-corrected chi connectivity index (χ1v) is 13.8. The van der Waals surface area contributed by atoms with Gasteiger partial charge in [-0.15, -0.1) is 0 Å². The van der Waals surface area contributed by atoms with Crippen LogP contribution in [0.25, 0.3) is 0 Å². The molecule has 6 atom stereocenters. The lowest BCUT2D eigenvalue weighted by atomic mass is 9.92. The highest BCUT2D eigenvalue weighted by Gasteiger charge is 2.53. The number of rotatable bonds is 12. The van der Waals surface area contributed by atoms with Crippen molar-refractivity contribution in [3.05, 3.63) is 35.9 Å². The van der Waals surface area contributed by atoms with E-state index in [0.717, 1.165) is 56.9 Å². The van der Waals surface area contributed by atoms with Crippen LogP contribution < -0.4 is 0 Å². The molecule has 6 unspecified atom stereocenters. The Morgan fingerprint density at radius 1 is 1.08 bits per heavy atom. The average Bonchev–Trinajstić information content (AvgIpc) is 3.17. The average molecular weight is 533 g/mol. The van der Waals surface area contributed by atoms with E-state index in [9.17, 15) is 24.9 Å². The Hall–Kier alpha value is -2.62. The number of hydrogen-bond donors (Lipinski definition) is 3. The summed E-state index contributed by atoms with van der Waals surface area (Å²) in [6.45, 7) is 1.41. The van der Waals surface area contributed by atoms with E-state index >= 15 is 0 Å². The van der Waals surface area contributed by atoms with E-state index in [1.807, 2.05) is 6.07 Å². The van der Waals surface area contributed by atoms with Gasteiger partial charge in [0.15, 0.2) is 17.3 Å². The number of phenolic OH excluding ortho intramolecular Hbond substituents is 2. The number of hydrogen-bond acceptors (Lipinski definition) is 9. The summed E-state index contributed by atoms with van der Waals surface area (Å²) in [5, 5.41) is 29.6. The second-order valence-electron chi connectivity index (χ2n) is 10.8. The van der Waals surface area contributed by atoms with Gasteiger partial charge in [-0.2, -0.15) is 0 Å². The van der Waals surface area contributed by atoms with Crippen molar-refractivity contribution < 1.29 is 43.9 Å². The van der Waals surface area contributed by atoms with Crippen LogP contribution in [0.2, 0.25) is 0 Å². The van der Waals surface area contributed by atoms with Gasteiger partial charge in [0.05, 0.1) is 12.2 Å². The number of aliphatic hydroxyl groups excluding tert-OH is 1. The number of aliphatic hydroxyl groups is 1. The fraction of sp³-hybridized carbons (Fsp3) is 0.655. The van der Waals surface area contributed by atoms with Gasteiger partial charge < -0.3 is 34.3 Å². The Labute approximate surface area is 223 Å². The minimum Gasteiger partial charge on any atom is -0.504 e.